The monoisotopic (exact) mass is 1920 g/mol. The molecule has 0 amide bonds. The molecule has 0 spiro atoms. The summed E-state index contributed by atoms with van der Waals surface area (Å²) >= 11 is 1.88. The number of benzene rings is 20. The number of furan rings is 3. The van der Waals surface area contributed by atoms with E-state index in [0.717, 1.165) is 133 Å². The lowest BCUT2D eigenvalue weighted by atomic mass is 9.81. The van der Waals surface area contributed by atoms with Crippen LogP contribution in [0.25, 0.3) is 274 Å². The van der Waals surface area contributed by atoms with Gasteiger partial charge in [-0.15, -0.1) is 11.3 Å². The van der Waals surface area contributed by atoms with E-state index < -0.39 is 0 Å². The molecule has 0 radical (unpaired) electrons. The highest BCUT2D eigenvalue weighted by molar-refractivity contribution is 7.25. The first-order valence-electron chi connectivity index (χ1n) is 50.6. The Balaban J connectivity index is 0.0000000938. The number of para-hydroxylation sites is 8. The highest BCUT2D eigenvalue weighted by Crippen LogP contribution is 2.52. The van der Waals surface area contributed by atoms with E-state index >= 15 is 0 Å². The first-order valence-corrected chi connectivity index (χ1v) is 51.4. The molecule has 0 saturated carbocycles. The van der Waals surface area contributed by atoms with Crippen LogP contribution in [-0.2, 0) is 5.41 Å². The molecule has 11 heteroatoms. The van der Waals surface area contributed by atoms with E-state index in [9.17, 15) is 0 Å². The molecule has 700 valence electrons. The maximum atomic E-state index is 6.05. The van der Waals surface area contributed by atoms with Crippen molar-refractivity contribution in [3.63, 3.8) is 0 Å². The van der Waals surface area contributed by atoms with Gasteiger partial charge in [0.1, 0.15) is 51.0 Å². The van der Waals surface area contributed by atoms with Crippen LogP contribution in [0, 0.1) is 0 Å². The van der Waals surface area contributed by atoms with Gasteiger partial charge >= 0.3 is 0 Å². The zero-order chi connectivity index (χ0) is 98.5. The van der Waals surface area contributed by atoms with Crippen LogP contribution in [0.4, 0.5) is 0 Å². The molecule has 1 aliphatic rings. The van der Waals surface area contributed by atoms with E-state index in [1.54, 1.807) is 0 Å². The third-order valence-electron chi connectivity index (χ3n) is 30.4. The van der Waals surface area contributed by atoms with Crippen molar-refractivity contribution in [2.24, 2.45) is 0 Å². The number of fused-ring (bicyclic) bond motifs is 27. The summed E-state index contributed by atoms with van der Waals surface area (Å²) in [5.41, 5.74) is 35.7. The second kappa shape index (κ2) is 35.0. The molecule has 31 aromatic rings. The fourth-order valence-corrected chi connectivity index (χ4v) is 24.3. The van der Waals surface area contributed by atoms with Gasteiger partial charge in [-0.2, -0.15) is 0 Å². The molecular formula is C138H89N7O3S. The summed E-state index contributed by atoms with van der Waals surface area (Å²) < 4.78 is 30.0. The molecule has 11 heterocycles. The maximum Gasteiger partial charge on any atom is 0.138 e. The quantitative estimate of drug-likeness (QED) is 0.135. The Morgan fingerprint density at radius 2 is 0.544 bits per heavy atom. The SMILES string of the molecule is CC1(C)c2ccccc2-c2ccc(-c3ccc4sc5ccc(-n6c7ccccc7c7ccccc76)cc5c4c3)cc21.c1ccc(-c2ccc(-n3c4ccccc4c4cc(-c5ccc6oc7ccccc7c6c5)ccc43)nc2)cc1.c1ccc(-c2cccc(-n3c4ccccc4c4cc(-c5ccc6oc7ccccc7c6c5)ccc43)n2)cc1.c1ccc(-n2c3ccccc3c3cc(-c4ccc5oc6ccccc6c5c4)ccc32)nc1. The van der Waals surface area contributed by atoms with E-state index in [2.05, 4.69) is 468 Å². The topological polar surface area (TPSA) is 97.8 Å². The Labute approximate surface area is 860 Å². The van der Waals surface area contributed by atoms with Crippen LogP contribution in [-0.4, -0.2) is 33.2 Å². The third kappa shape index (κ3) is 14.6. The molecule has 0 saturated heterocycles. The van der Waals surface area contributed by atoms with Crippen LogP contribution in [0.3, 0.4) is 0 Å². The predicted octanol–water partition coefficient (Wildman–Crippen LogP) is 37.7. The lowest BCUT2D eigenvalue weighted by Gasteiger charge is -2.22. The smallest absolute Gasteiger partial charge is 0.138 e. The normalized spacial score (nSPS) is 12.3. The van der Waals surface area contributed by atoms with E-state index in [1.165, 1.54) is 152 Å². The van der Waals surface area contributed by atoms with Gasteiger partial charge in [-0.3, -0.25) is 13.7 Å². The minimum absolute atomic E-state index is 0.00166. The van der Waals surface area contributed by atoms with Gasteiger partial charge in [-0.25, -0.2) is 15.0 Å². The number of thiophene rings is 1. The summed E-state index contributed by atoms with van der Waals surface area (Å²) in [6.07, 6.45) is 3.80. The number of aromatic nitrogens is 7. The molecule has 0 unspecified atom stereocenters. The molecular weight excluding hydrogens is 1840 g/mol. The molecule has 0 bridgehead atoms. The van der Waals surface area contributed by atoms with Crippen molar-refractivity contribution < 1.29 is 13.3 Å². The van der Waals surface area contributed by atoms with Crippen molar-refractivity contribution in [1.29, 1.82) is 0 Å². The summed E-state index contributed by atoms with van der Waals surface area (Å²) in [6, 6.07) is 174. The van der Waals surface area contributed by atoms with E-state index in [-0.39, 0.29) is 5.41 Å². The molecule has 20 aromatic carbocycles. The second-order valence-corrected chi connectivity index (χ2v) is 40.3. The predicted molar refractivity (Wildman–Crippen MR) is 621 cm³/mol. The maximum absolute atomic E-state index is 6.05. The fraction of sp³-hybridized carbons (Fsp3) is 0.0217. The highest BCUT2D eigenvalue weighted by Gasteiger charge is 2.36. The van der Waals surface area contributed by atoms with Crippen LogP contribution < -0.4 is 0 Å². The molecule has 0 atom stereocenters. The molecule has 0 N–H and O–H groups in total. The Hall–Kier alpha value is -19.3. The number of hydrogen-bond acceptors (Lipinski definition) is 7. The average Bonchev–Trinajstić information content (AvgIpc) is 1.57. The molecule has 10 nitrogen and oxygen atoms in total. The Morgan fingerprint density at radius 1 is 0.201 bits per heavy atom. The molecule has 11 aromatic heterocycles. The van der Waals surface area contributed by atoms with Crippen LogP contribution in [0.15, 0.2) is 517 Å². The fourth-order valence-electron chi connectivity index (χ4n) is 23.2. The minimum Gasteiger partial charge on any atom is -0.456 e. The zero-order valence-corrected chi connectivity index (χ0v) is 82.0. The van der Waals surface area contributed by atoms with Gasteiger partial charge in [0.2, 0.25) is 0 Å². The van der Waals surface area contributed by atoms with Gasteiger partial charge in [0.15, 0.2) is 0 Å². The van der Waals surface area contributed by atoms with Gasteiger partial charge in [0.25, 0.3) is 0 Å². The summed E-state index contributed by atoms with van der Waals surface area (Å²) in [7, 11) is 0. The van der Waals surface area contributed by atoms with Gasteiger partial charge in [0.05, 0.1) is 49.8 Å². The summed E-state index contributed by atoms with van der Waals surface area (Å²) in [5, 5.41) is 19.4. The largest absolute Gasteiger partial charge is 0.456 e. The zero-order valence-electron chi connectivity index (χ0n) is 81.2. The standard InChI is InChI=1S/C39H27NS.2C35H22N2O.C29H18N2O/c1-39(2)33-12-6-3-9-27(33)28-18-15-25(22-34(28)39)24-16-19-37-31(21-24)32-23-26(17-20-38(32)41-37)40-35-13-7-4-10-29(35)30-11-5-8-14-36(30)40;1-2-9-23(10-3-1)30-13-8-16-35(36-30)37-31-14-6-4-11-26(31)28-21-24(17-19-32(28)37)25-18-20-34-29(22-25)27-12-5-7-15-33(27)38-34;1-2-8-23(9-3-1)26-16-19-35(36-22-26)37-31-12-6-4-10-27(31)29-20-24(14-17-32(29)37)25-15-18-34-30(21-25)28-11-5-7-13-33(28)38-34;1-3-9-25-21(7-1)23-17-19(12-14-26(23)31(25)29-11-5-6-16-30-29)20-13-15-28-24(18-20)22-8-2-4-10-27(22)32-28/h3-23H,1-2H3;2*1-22H;1-18H. The lowest BCUT2D eigenvalue weighted by Crippen LogP contribution is -2.14. The third-order valence-corrected chi connectivity index (χ3v) is 31.5. The van der Waals surface area contributed by atoms with E-state index in [1.807, 2.05) is 84.4 Å². The Morgan fingerprint density at radius 3 is 1.03 bits per heavy atom. The first-order chi connectivity index (χ1) is 73.6. The molecule has 0 fully saturated rings. The first kappa shape index (κ1) is 86.4. The van der Waals surface area contributed by atoms with Crippen LogP contribution in [0.1, 0.15) is 25.0 Å². The number of pyridine rings is 3. The van der Waals surface area contributed by atoms with Gasteiger partial charge in [-0.1, -0.05) is 311 Å². The Bertz CT molecular complexity index is 10800. The van der Waals surface area contributed by atoms with Gasteiger partial charge in [-0.05, 0) is 266 Å². The Kier molecular flexibility index (Phi) is 20.3. The minimum atomic E-state index is -0.00166. The van der Waals surface area contributed by atoms with E-state index in [0.29, 0.717) is 0 Å². The molecule has 1 aliphatic carbocycles. The van der Waals surface area contributed by atoms with Crippen LogP contribution >= 0.6 is 11.3 Å². The van der Waals surface area contributed by atoms with Crippen molar-refractivity contribution in [2.45, 2.75) is 19.3 Å². The van der Waals surface area contributed by atoms with Crippen molar-refractivity contribution in [2.75, 3.05) is 0 Å². The number of rotatable bonds is 10. The van der Waals surface area contributed by atoms with Gasteiger partial charge < -0.3 is 17.8 Å². The number of hydrogen-bond donors (Lipinski definition) is 0. The summed E-state index contributed by atoms with van der Waals surface area (Å²) in [6.45, 7) is 4.71. The summed E-state index contributed by atoms with van der Waals surface area (Å²) in [5.74, 6) is 2.75. The van der Waals surface area contributed by atoms with Crippen molar-refractivity contribution in [3.05, 3.63) is 515 Å². The molecule has 149 heavy (non-hydrogen) atoms. The molecule has 32 rings (SSSR count). The van der Waals surface area contributed by atoms with Gasteiger partial charge in [0, 0.05) is 130 Å². The summed E-state index contributed by atoms with van der Waals surface area (Å²) in [4.78, 5) is 14.6. The lowest BCUT2D eigenvalue weighted by molar-refractivity contribution is 0.660. The van der Waals surface area contributed by atoms with Crippen molar-refractivity contribution >= 4 is 185 Å². The average molecular weight is 1930 g/mol. The van der Waals surface area contributed by atoms with Crippen molar-refractivity contribution in [3.8, 4) is 101 Å². The van der Waals surface area contributed by atoms with Crippen molar-refractivity contribution in [1.82, 2.24) is 33.2 Å². The highest BCUT2D eigenvalue weighted by atomic mass is 32.1. The van der Waals surface area contributed by atoms with Crippen LogP contribution in [0.5, 0.6) is 0 Å². The second-order valence-electron chi connectivity index (χ2n) is 39.2. The number of nitrogens with zero attached hydrogens (tertiary/aromatic N) is 7. The van der Waals surface area contributed by atoms with Crippen LogP contribution in [0.2, 0.25) is 0 Å². The molecule has 0 aliphatic heterocycles. The van der Waals surface area contributed by atoms with E-state index in [4.69, 9.17) is 23.2 Å².